The molecule has 226 valence electrons. The molecule has 0 aliphatic heterocycles. The maximum absolute atomic E-state index is 13.4. The highest BCUT2D eigenvalue weighted by atomic mass is 19.2. The lowest BCUT2D eigenvalue weighted by molar-refractivity contribution is -0.828. The van der Waals surface area contributed by atoms with Gasteiger partial charge in [0.25, 0.3) is 0 Å². The van der Waals surface area contributed by atoms with E-state index < -0.39 is 64.1 Å². The molecule has 0 aliphatic carbocycles. The summed E-state index contributed by atoms with van der Waals surface area (Å²) in [6.07, 6.45) is 0. The summed E-state index contributed by atoms with van der Waals surface area (Å²) in [6.45, 7) is 13.5. The normalized spacial score (nSPS) is 10.8. The third-order valence-electron chi connectivity index (χ3n) is 6.68. The third kappa shape index (κ3) is 7.88. The summed E-state index contributed by atoms with van der Waals surface area (Å²) in [5, 5.41) is 17.8. The highest BCUT2D eigenvalue weighted by Crippen LogP contribution is 2.30. The summed E-state index contributed by atoms with van der Waals surface area (Å²) in [5.74, 6) is -16.9. The van der Waals surface area contributed by atoms with Crippen LogP contribution in [0.2, 0.25) is 0 Å². The topological polar surface area (TPSA) is 55.0 Å². The number of benzene rings is 4. The SMILES string of the molecule is CC[NH+](CC)c1ccccc1.CC[NH+](CC)c1ccccc1.[O-]B([O-])c1c(F)c(F)c(F)c2c(F)c(F)c(F)c(F)c12. The summed E-state index contributed by atoms with van der Waals surface area (Å²) in [6, 6.07) is 21.2. The fourth-order valence-electron chi connectivity index (χ4n) is 4.41. The van der Waals surface area contributed by atoms with Crippen molar-refractivity contribution in [2.24, 2.45) is 0 Å². The lowest BCUT2D eigenvalue weighted by atomic mass is 9.76. The molecule has 2 N–H and O–H groups in total. The predicted molar refractivity (Wildman–Crippen MR) is 145 cm³/mol. The minimum absolute atomic E-state index is 1.17. The molecule has 0 spiro atoms. The number of quaternary nitrogens is 2. The van der Waals surface area contributed by atoms with Gasteiger partial charge in [-0.1, -0.05) is 49.0 Å². The minimum atomic E-state index is -3.41. The van der Waals surface area contributed by atoms with Gasteiger partial charge in [0.05, 0.1) is 31.6 Å². The van der Waals surface area contributed by atoms with E-state index in [9.17, 15) is 40.8 Å². The van der Waals surface area contributed by atoms with Gasteiger partial charge in [-0.05, 0) is 52.0 Å². The van der Waals surface area contributed by atoms with Crippen LogP contribution in [0.25, 0.3) is 10.8 Å². The fraction of sp³-hybridized carbons (Fsp3) is 0.267. The first-order valence-corrected chi connectivity index (χ1v) is 13.4. The summed E-state index contributed by atoms with van der Waals surface area (Å²) in [5.41, 5.74) is 0.934. The van der Waals surface area contributed by atoms with Crippen LogP contribution in [-0.2, 0) is 0 Å². The molecule has 4 rings (SSSR count). The average Bonchev–Trinajstić information content (AvgIpc) is 3.00. The molecular formula is C30H32BF7N2O2. The molecule has 4 aromatic rings. The Morgan fingerprint density at radius 2 is 0.786 bits per heavy atom. The highest BCUT2D eigenvalue weighted by Gasteiger charge is 2.29. The van der Waals surface area contributed by atoms with Crippen molar-refractivity contribution in [3.63, 3.8) is 0 Å². The first-order chi connectivity index (χ1) is 20.0. The number of para-hydroxylation sites is 2. The van der Waals surface area contributed by atoms with Crippen molar-refractivity contribution in [3.8, 4) is 0 Å². The number of hydrogen-bond acceptors (Lipinski definition) is 2. The molecule has 0 fully saturated rings. The Bertz CT molecular complexity index is 1380. The molecule has 4 nitrogen and oxygen atoms in total. The van der Waals surface area contributed by atoms with Gasteiger partial charge < -0.3 is 19.8 Å². The van der Waals surface area contributed by atoms with Gasteiger partial charge in [0.15, 0.2) is 40.7 Å². The van der Waals surface area contributed by atoms with Gasteiger partial charge >= 0.3 is 0 Å². The smallest absolute Gasteiger partial charge is 0.198 e. The quantitative estimate of drug-likeness (QED) is 0.149. The van der Waals surface area contributed by atoms with Gasteiger partial charge in [-0.25, -0.2) is 30.7 Å². The second-order valence-corrected chi connectivity index (χ2v) is 9.05. The molecule has 0 saturated heterocycles. The van der Waals surface area contributed by atoms with E-state index in [4.69, 9.17) is 0 Å². The molecular weight excluding hydrogens is 564 g/mol. The van der Waals surface area contributed by atoms with Crippen molar-refractivity contribution >= 4 is 34.7 Å². The van der Waals surface area contributed by atoms with E-state index in [0.717, 1.165) is 0 Å². The van der Waals surface area contributed by atoms with Crippen LogP contribution in [0.1, 0.15) is 27.7 Å². The van der Waals surface area contributed by atoms with Gasteiger partial charge in [0, 0.05) is 5.39 Å². The van der Waals surface area contributed by atoms with Crippen LogP contribution in [0.5, 0.6) is 0 Å². The molecule has 0 radical (unpaired) electrons. The summed E-state index contributed by atoms with van der Waals surface area (Å²) in [7, 11) is -3.41. The minimum Gasteiger partial charge on any atom is -0.889 e. The van der Waals surface area contributed by atoms with Crippen LogP contribution in [-0.4, -0.2) is 33.3 Å². The molecule has 12 heteroatoms. The lowest BCUT2D eigenvalue weighted by Crippen LogP contribution is -3.06. The zero-order valence-corrected chi connectivity index (χ0v) is 23.6. The Labute approximate surface area is 240 Å². The van der Waals surface area contributed by atoms with E-state index >= 15 is 0 Å². The number of nitrogens with one attached hydrogen (secondary N) is 2. The predicted octanol–water partition coefficient (Wildman–Crippen LogP) is 2.71. The van der Waals surface area contributed by atoms with Crippen LogP contribution in [0.3, 0.4) is 0 Å². The van der Waals surface area contributed by atoms with E-state index in [1.165, 1.54) is 37.6 Å². The van der Waals surface area contributed by atoms with E-state index in [-0.39, 0.29) is 0 Å². The number of halogens is 7. The van der Waals surface area contributed by atoms with E-state index in [0.29, 0.717) is 0 Å². The Balaban J connectivity index is 0.000000239. The van der Waals surface area contributed by atoms with E-state index in [1.54, 1.807) is 9.80 Å². The van der Waals surface area contributed by atoms with Gasteiger partial charge in [0.1, 0.15) is 11.4 Å². The molecule has 0 heterocycles. The van der Waals surface area contributed by atoms with Gasteiger partial charge in [-0.15, -0.1) is 0 Å². The maximum Gasteiger partial charge on any atom is 0.198 e. The number of hydrogen-bond donors (Lipinski definition) is 2. The van der Waals surface area contributed by atoms with Crippen molar-refractivity contribution in [1.29, 1.82) is 0 Å². The second-order valence-electron chi connectivity index (χ2n) is 9.05. The Morgan fingerprint density at radius 3 is 1.10 bits per heavy atom. The zero-order chi connectivity index (χ0) is 31.6. The van der Waals surface area contributed by atoms with Crippen LogP contribution in [0.15, 0.2) is 60.7 Å². The first kappa shape index (κ1) is 34.8. The lowest BCUT2D eigenvalue weighted by Gasteiger charge is -2.29. The molecule has 4 aromatic carbocycles. The average molecular weight is 596 g/mol. The zero-order valence-electron chi connectivity index (χ0n) is 23.6. The Kier molecular flexibility index (Phi) is 13.5. The molecule has 42 heavy (non-hydrogen) atoms. The van der Waals surface area contributed by atoms with E-state index in [2.05, 4.69) is 88.4 Å². The van der Waals surface area contributed by atoms with Crippen molar-refractivity contribution in [1.82, 2.24) is 0 Å². The van der Waals surface area contributed by atoms with E-state index in [1.807, 2.05) is 0 Å². The molecule has 0 amide bonds. The molecule has 0 bridgehead atoms. The standard InChI is InChI=1S/C10BF7O2.2C10H15N/c12-4-1-2(6(14)10(18)9(4)17)5(13)8(16)7(15)3(1)11(19)20;2*1-3-11(4-2)10-8-6-5-7-9-10/h;2*5-9H,3-4H2,1-2H3/q-2;;/p+2. The summed E-state index contributed by atoms with van der Waals surface area (Å²) in [4.78, 5) is 3.09. The molecule has 0 aromatic heterocycles. The van der Waals surface area contributed by atoms with Crippen LogP contribution < -0.4 is 25.3 Å². The molecule has 0 saturated carbocycles. The summed E-state index contributed by atoms with van der Waals surface area (Å²) >= 11 is 0. The van der Waals surface area contributed by atoms with Gasteiger partial charge in [-0.3, -0.25) is 0 Å². The van der Waals surface area contributed by atoms with Crippen LogP contribution in [0.4, 0.5) is 42.1 Å². The van der Waals surface area contributed by atoms with Gasteiger partial charge in [0.2, 0.25) is 0 Å². The summed E-state index contributed by atoms with van der Waals surface area (Å²) < 4.78 is 92.4. The van der Waals surface area contributed by atoms with Crippen LogP contribution in [0, 0.1) is 40.7 Å². The van der Waals surface area contributed by atoms with Crippen molar-refractivity contribution < 1.29 is 50.6 Å². The Hall–Kier alpha value is -3.45. The molecule has 0 aliphatic rings. The highest BCUT2D eigenvalue weighted by molar-refractivity contribution is 6.59. The van der Waals surface area contributed by atoms with Crippen molar-refractivity contribution in [2.45, 2.75) is 27.7 Å². The monoisotopic (exact) mass is 596 g/mol. The fourth-order valence-corrected chi connectivity index (χ4v) is 4.41. The number of fused-ring (bicyclic) bond motifs is 1. The number of rotatable bonds is 7. The maximum atomic E-state index is 13.4. The van der Waals surface area contributed by atoms with Crippen LogP contribution >= 0.6 is 0 Å². The van der Waals surface area contributed by atoms with Gasteiger partial charge in [-0.2, -0.15) is 0 Å². The first-order valence-electron chi connectivity index (χ1n) is 13.4. The Morgan fingerprint density at radius 1 is 0.476 bits per heavy atom. The van der Waals surface area contributed by atoms with Crippen molar-refractivity contribution in [3.05, 3.63) is 101 Å². The van der Waals surface area contributed by atoms with Crippen molar-refractivity contribution in [2.75, 3.05) is 26.2 Å². The molecule has 0 atom stereocenters. The molecule has 0 unspecified atom stereocenters. The third-order valence-corrected chi connectivity index (χ3v) is 6.68. The second kappa shape index (κ2) is 16.3. The largest absolute Gasteiger partial charge is 0.889 e.